The van der Waals surface area contributed by atoms with E-state index in [0.717, 1.165) is 39.6 Å². The molecule has 0 atom stereocenters. The van der Waals surface area contributed by atoms with E-state index in [1.54, 1.807) is 11.6 Å². The van der Waals surface area contributed by atoms with E-state index in [9.17, 15) is 9.59 Å². The number of ether oxygens (including phenoxy) is 1. The van der Waals surface area contributed by atoms with Crippen LogP contribution >= 0.6 is 11.6 Å². The van der Waals surface area contributed by atoms with Crippen molar-refractivity contribution < 1.29 is 9.53 Å². The molecule has 5 nitrogen and oxygen atoms in total. The highest BCUT2D eigenvalue weighted by molar-refractivity contribution is 6.37. The maximum atomic E-state index is 13.5. The average molecular weight is 445 g/mol. The number of nitrogens with zero attached hydrogens (tertiary/aromatic N) is 1. The standard InChI is InChI=1S/C26H21ClN2O3/c1-29-20(12-14-30)22(19-10-11-21-25(24(19)27)28-13-15-32-21)18-9-5-8-17(23(18)26(29)31)16-6-3-2-4-7-16/h2-11,14,28H,12-13,15H2,1H3. The zero-order chi connectivity index (χ0) is 22.2. The van der Waals surface area contributed by atoms with Crippen LogP contribution in [0.2, 0.25) is 5.02 Å². The van der Waals surface area contributed by atoms with Crippen molar-refractivity contribution in [2.45, 2.75) is 6.42 Å². The molecule has 1 aliphatic rings. The maximum Gasteiger partial charge on any atom is 0.259 e. The van der Waals surface area contributed by atoms with Gasteiger partial charge >= 0.3 is 0 Å². The number of hydrogen-bond acceptors (Lipinski definition) is 4. The molecule has 2 heterocycles. The van der Waals surface area contributed by atoms with Crippen LogP contribution in [0.4, 0.5) is 5.69 Å². The number of fused-ring (bicyclic) bond motifs is 2. The van der Waals surface area contributed by atoms with E-state index in [2.05, 4.69) is 5.32 Å². The van der Waals surface area contributed by atoms with Gasteiger partial charge in [-0.3, -0.25) is 4.79 Å². The highest BCUT2D eigenvalue weighted by Crippen LogP contribution is 2.44. The molecule has 6 heteroatoms. The van der Waals surface area contributed by atoms with Crippen LogP contribution < -0.4 is 15.6 Å². The second-order valence-corrected chi connectivity index (χ2v) is 8.10. The van der Waals surface area contributed by atoms with Crippen molar-refractivity contribution in [3.8, 4) is 28.0 Å². The summed E-state index contributed by atoms with van der Waals surface area (Å²) in [5.41, 5.74) is 4.55. The lowest BCUT2D eigenvalue weighted by Gasteiger charge is -2.24. The fraction of sp³-hybridized carbons (Fsp3) is 0.154. The number of nitrogens with one attached hydrogen (secondary N) is 1. The summed E-state index contributed by atoms with van der Waals surface area (Å²) >= 11 is 6.86. The molecule has 3 aromatic carbocycles. The third kappa shape index (κ3) is 3.17. The van der Waals surface area contributed by atoms with E-state index in [4.69, 9.17) is 16.3 Å². The number of aromatic nitrogens is 1. The largest absolute Gasteiger partial charge is 0.490 e. The van der Waals surface area contributed by atoms with E-state index in [1.165, 1.54) is 0 Å². The molecule has 0 fully saturated rings. The van der Waals surface area contributed by atoms with E-state index in [-0.39, 0.29) is 12.0 Å². The lowest BCUT2D eigenvalue weighted by Crippen LogP contribution is -2.23. The van der Waals surface area contributed by atoms with Crippen LogP contribution in [0.25, 0.3) is 33.0 Å². The molecule has 0 bridgehead atoms. The molecule has 160 valence electrons. The quantitative estimate of drug-likeness (QED) is 0.446. The third-order valence-electron chi connectivity index (χ3n) is 5.94. The summed E-state index contributed by atoms with van der Waals surface area (Å²) in [6, 6.07) is 19.4. The monoisotopic (exact) mass is 444 g/mol. The molecule has 0 unspecified atom stereocenters. The van der Waals surface area contributed by atoms with Crippen LogP contribution in [0.15, 0.2) is 65.5 Å². The Morgan fingerprint density at radius 3 is 2.66 bits per heavy atom. The molecule has 0 spiro atoms. The Morgan fingerprint density at radius 2 is 1.88 bits per heavy atom. The van der Waals surface area contributed by atoms with Crippen molar-refractivity contribution in [3.05, 3.63) is 81.7 Å². The van der Waals surface area contributed by atoms with Crippen LogP contribution in [0, 0.1) is 0 Å². The van der Waals surface area contributed by atoms with Gasteiger partial charge in [-0.25, -0.2) is 0 Å². The number of rotatable bonds is 4. The van der Waals surface area contributed by atoms with Crippen molar-refractivity contribution in [2.24, 2.45) is 7.05 Å². The molecule has 1 aromatic heterocycles. The predicted molar refractivity (Wildman–Crippen MR) is 129 cm³/mol. The van der Waals surface area contributed by atoms with Gasteiger partial charge in [-0.2, -0.15) is 0 Å². The van der Waals surface area contributed by atoms with Gasteiger partial charge in [-0.1, -0.05) is 60.1 Å². The topological polar surface area (TPSA) is 60.3 Å². The van der Waals surface area contributed by atoms with Crippen LogP contribution in [0.3, 0.4) is 0 Å². The van der Waals surface area contributed by atoms with Gasteiger partial charge in [0.1, 0.15) is 18.6 Å². The minimum atomic E-state index is -0.143. The van der Waals surface area contributed by atoms with Gasteiger partial charge in [0.2, 0.25) is 0 Å². The summed E-state index contributed by atoms with van der Waals surface area (Å²) in [5.74, 6) is 0.695. The number of carbonyl (C=O) groups is 1. The Morgan fingerprint density at radius 1 is 1.06 bits per heavy atom. The van der Waals surface area contributed by atoms with Crippen molar-refractivity contribution >= 4 is 34.3 Å². The van der Waals surface area contributed by atoms with Crippen molar-refractivity contribution in [1.82, 2.24) is 4.57 Å². The fourth-order valence-corrected chi connectivity index (χ4v) is 4.77. The number of aldehydes is 1. The Labute approximate surface area is 190 Å². The predicted octanol–water partition coefficient (Wildman–Crippen LogP) is 5.07. The van der Waals surface area contributed by atoms with Crippen molar-refractivity contribution in [1.29, 1.82) is 0 Å². The first-order valence-electron chi connectivity index (χ1n) is 10.4. The molecule has 1 aliphatic heterocycles. The van der Waals surface area contributed by atoms with Crippen LogP contribution in [0.5, 0.6) is 5.75 Å². The molecule has 4 aromatic rings. The van der Waals surface area contributed by atoms with Crippen LogP contribution in [0.1, 0.15) is 5.69 Å². The number of anilines is 1. The van der Waals surface area contributed by atoms with E-state index >= 15 is 0 Å². The molecule has 0 saturated carbocycles. The second kappa shape index (κ2) is 8.17. The fourth-order valence-electron chi connectivity index (χ4n) is 4.45. The Balaban J connectivity index is 1.91. The highest BCUT2D eigenvalue weighted by atomic mass is 35.5. The summed E-state index contributed by atoms with van der Waals surface area (Å²) in [4.78, 5) is 25.1. The van der Waals surface area contributed by atoms with Gasteiger partial charge in [0.05, 0.1) is 16.1 Å². The Kier molecular flexibility index (Phi) is 5.19. The lowest BCUT2D eigenvalue weighted by atomic mass is 9.91. The zero-order valence-corrected chi connectivity index (χ0v) is 18.3. The van der Waals surface area contributed by atoms with Gasteiger partial charge in [-0.15, -0.1) is 0 Å². The first kappa shape index (κ1) is 20.3. The smallest absolute Gasteiger partial charge is 0.259 e. The summed E-state index contributed by atoms with van der Waals surface area (Å²) < 4.78 is 7.29. The molecule has 0 aliphatic carbocycles. The summed E-state index contributed by atoms with van der Waals surface area (Å²) in [7, 11) is 1.71. The molecule has 0 saturated heterocycles. The van der Waals surface area contributed by atoms with Crippen molar-refractivity contribution in [3.63, 3.8) is 0 Å². The normalized spacial score (nSPS) is 12.7. The number of carbonyl (C=O) groups excluding carboxylic acids is 1. The third-order valence-corrected chi connectivity index (χ3v) is 6.33. The lowest BCUT2D eigenvalue weighted by molar-refractivity contribution is -0.107. The van der Waals surface area contributed by atoms with Gasteiger partial charge in [-0.05, 0) is 28.6 Å². The van der Waals surface area contributed by atoms with E-state index in [0.29, 0.717) is 35.0 Å². The molecule has 32 heavy (non-hydrogen) atoms. The SMILES string of the molecule is Cn1c(CC=O)c(-c2ccc3c(c2Cl)NCCO3)c2cccc(-c3ccccc3)c2c1=O. The van der Waals surface area contributed by atoms with Crippen LogP contribution in [-0.4, -0.2) is 24.0 Å². The Hall–Kier alpha value is -3.57. The molecule has 1 N–H and O–H groups in total. The molecular formula is C26H21ClN2O3. The summed E-state index contributed by atoms with van der Waals surface area (Å²) in [6.45, 7) is 1.23. The number of hydrogen-bond donors (Lipinski definition) is 1. The summed E-state index contributed by atoms with van der Waals surface area (Å²) in [6.07, 6.45) is 0.919. The zero-order valence-electron chi connectivity index (χ0n) is 17.5. The number of benzene rings is 3. The molecular weight excluding hydrogens is 424 g/mol. The van der Waals surface area contributed by atoms with Gasteiger partial charge in [0.25, 0.3) is 5.56 Å². The number of halogens is 1. The van der Waals surface area contributed by atoms with Crippen LogP contribution in [-0.2, 0) is 18.3 Å². The average Bonchev–Trinajstić information content (AvgIpc) is 2.84. The Bertz CT molecular complexity index is 1410. The highest BCUT2D eigenvalue weighted by Gasteiger charge is 2.23. The molecule has 5 rings (SSSR count). The molecule has 0 radical (unpaired) electrons. The second-order valence-electron chi connectivity index (χ2n) is 7.73. The maximum absolute atomic E-state index is 13.5. The first-order valence-corrected chi connectivity index (χ1v) is 10.8. The van der Waals surface area contributed by atoms with Gasteiger partial charge in [0.15, 0.2) is 0 Å². The van der Waals surface area contributed by atoms with Gasteiger partial charge < -0.3 is 19.4 Å². The summed E-state index contributed by atoms with van der Waals surface area (Å²) in [5, 5.41) is 5.19. The first-order chi connectivity index (χ1) is 15.6. The van der Waals surface area contributed by atoms with Crippen molar-refractivity contribution in [2.75, 3.05) is 18.5 Å². The molecule has 0 amide bonds. The number of pyridine rings is 1. The minimum Gasteiger partial charge on any atom is -0.490 e. The minimum absolute atomic E-state index is 0.101. The van der Waals surface area contributed by atoms with E-state index < -0.39 is 0 Å². The van der Waals surface area contributed by atoms with E-state index in [1.807, 2.05) is 60.7 Å². The van der Waals surface area contributed by atoms with Gasteiger partial charge in [0, 0.05) is 36.8 Å².